The smallest absolute Gasteiger partial charge is 0.406 e. The van der Waals surface area contributed by atoms with Gasteiger partial charge in [-0.1, -0.05) is 0 Å². The molecule has 1 aromatic rings. The van der Waals surface area contributed by atoms with E-state index in [1.165, 1.54) is 12.1 Å². The fourth-order valence-electron chi connectivity index (χ4n) is 2.67. The van der Waals surface area contributed by atoms with Crippen molar-refractivity contribution >= 4 is 11.8 Å². The van der Waals surface area contributed by atoms with Crippen LogP contribution < -0.4 is 14.8 Å². The second-order valence-electron chi connectivity index (χ2n) is 5.55. The molecule has 1 fully saturated rings. The van der Waals surface area contributed by atoms with Gasteiger partial charge in [0.1, 0.15) is 25.8 Å². The molecule has 3 rings (SSSR count). The molecule has 1 atom stereocenters. The summed E-state index contributed by atoms with van der Waals surface area (Å²) in [7, 11) is 0. The highest BCUT2D eigenvalue weighted by Crippen LogP contribution is 2.30. The fourth-order valence-corrected chi connectivity index (χ4v) is 2.67. The Bertz CT molecular complexity index is 663. The maximum Gasteiger partial charge on any atom is 0.406 e. The Morgan fingerprint density at radius 2 is 1.96 bits per heavy atom. The minimum Gasteiger partial charge on any atom is -0.486 e. The number of nitrogens with one attached hydrogen (secondary N) is 1. The number of alkyl halides is 3. The maximum atomic E-state index is 12.4. The Morgan fingerprint density at radius 1 is 1.25 bits per heavy atom. The summed E-state index contributed by atoms with van der Waals surface area (Å²) in [6.45, 7) is -0.553. The van der Waals surface area contributed by atoms with Crippen molar-refractivity contribution in [3.63, 3.8) is 0 Å². The van der Waals surface area contributed by atoms with Gasteiger partial charge in [-0.05, 0) is 24.6 Å². The van der Waals surface area contributed by atoms with Crippen LogP contribution in [0, 0.1) is 0 Å². The van der Waals surface area contributed by atoms with Crippen molar-refractivity contribution in [1.29, 1.82) is 0 Å². The fraction of sp³-hybridized carbons (Fsp3) is 0.467. The first-order valence-electron chi connectivity index (χ1n) is 7.39. The minimum atomic E-state index is -4.45. The first kappa shape index (κ1) is 16.4. The van der Waals surface area contributed by atoms with Crippen molar-refractivity contribution in [2.75, 3.05) is 26.3 Å². The van der Waals surface area contributed by atoms with Gasteiger partial charge >= 0.3 is 6.18 Å². The second kappa shape index (κ2) is 6.21. The van der Waals surface area contributed by atoms with Gasteiger partial charge in [0, 0.05) is 12.1 Å². The molecule has 0 aliphatic carbocycles. The van der Waals surface area contributed by atoms with E-state index >= 15 is 0 Å². The molecule has 0 unspecified atom stereocenters. The molecule has 2 heterocycles. The summed E-state index contributed by atoms with van der Waals surface area (Å²) < 4.78 is 47.9. The zero-order valence-corrected chi connectivity index (χ0v) is 12.6. The largest absolute Gasteiger partial charge is 0.486 e. The third kappa shape index (κ3) is 3.55. The van der Waals surface area contributed by atoms with Gasteiger partial charge in [-0.3, -0.25) is 9.59 Å². The summed E-state index contributed by atoms with van der Waals surface area (Å²) in [5.41, 5.74) is 0.251. The highest BCUT2D eigenvalue weighted by Gasteiger charge is 2.39. The Balaban J connectivity index is 1.64. The first-order chi connectivity index (χ1) is 11.3. The average Bonchev–Trinajstić information content (AvgIpc) is 2.86. The van der Waals surface area contributed by atoms with Crippen LogP contribution in [0.4, 0.5) is 13.2 Å². The van der Waals surface area contributed by atoms with Crippen LogP contribution in [-0.2, 0) is 4.79 Å². The van der Waals surface area contributed by atoms with Crippen LogP contribution in [0.3, 0.4) is 0 Å². The summed E-state index contributed by atoms with van der Waals surface area (Å²) in [6.07, 6.45) is -4.31. The van der Waals surface area contributed by atoms with Gasteiger partial charge in [-0.15, -0.1) is 0 Å². The Morgan fingerprint density at radius 3 is 2.67 bits per heavy atom. The normalized spacial score (nSPS) is 20.2. The summed E-state index contributed by atoms with van der Waals surface area (Å²) >= 11 is 0. The molecule has 2 aliphatic heterocycles. The molecule has 0 aromatic heterocycles. The quantitative estimate of drug-likeness (QED) is 0.899. The molecule has 130 valence electrons. The SMILES string of the molecule is O=C(N[C@H]1CCN(CC(F)(F)F)C1=O)c1ccc2c(c1)OCCO2. The number of nitrogens with zero attached hydrogens (tertiary/aromatic N) is 1. The number of fused-ring (bicyclic) bond motifs is 1. The zero-order chi connectivity index (χ0) is 17.3. The third-order valence-electron chi connectivity index (χ3n) is 3.78. The van der Waals surface area contributed by atoms with Gasteiger partial charge in [0.15, 0.2) is 11.5 Å². The molecule has 1 saturated heterocycles. The van der Waals surface area contributed by atoms with Gasteiger partial charge in [0.05, 0.1) is 0 Å². The number of likely N-dealkylation sites (tertiary alicyclic amines) is 1. The highest BCUT2D eigenvalue weighted by atomic mass is 19.4. The van der Waals surface area contributed by atoms with Gasteiger partial charge in [0.25, 0.3) is 5.91 Å². The van der Waals surface area contributed by atoms with Crippen LogP contribution in [0.5, 0.6) is 11.5 Å². The Labute approximate surface area is 135 Å². The lowest BCUT2D eigenvalue weighted by atomic mass is 10.1. The third-order valence-corrected chi connectivity index (χ3v) is 3.78. The molecule has 0 bridgehead atoms. The number of carbonyl (C=O) groups is 2. The molecule has 6 nitrogen and oxygen atoms in total. The van der Waals surface area contributed by atoms with E-state index in [2.05, 4.69) is 5.32 Å². The number of halogens is 3. The summed E-state index contributed by atoms with van der Waals surface area (Å²) in [6, 6.07) is 3.62. The molecular weight excluding hydrogens is 329 g/mol. The van der Waals surface area contributed by atoms with Crippen LogP contribution in [0.2, 0.25) is 0 Å². The lowest BCUT2D eigenvalue weighted by Crippen LogP contribution is -2.43. The lowest BCUT2D eigenvalue weighted by molar-refractivity contribution is -0.157. The van der Waals surface area contributed by atoms with Crippen molar-refractivity contribution in [3.05, 3.63) is 23.8 Å². The number of benzene rings is 1. The van der Waals surface area contributed by atoms with Gasteiger partial charge in [0.2, 0.25) is 5.91 Å². The van der Waals surface area contributed by atoms with Gasteiger partial charge in [-0.2, -0.15) is 13.2 Å². The number of carbonyl (C=O) groups excluding carboxylic acids is 2. The molecule has 24 heavy (non-hydrogen) atoms. The second-order valence-corrected chi connectivity index (χ2v) is 5.55. The summed E-state index contributed by atoms with van der Waals surface area (Å²) in [5.74, 6) is -0.325. The number of hydrogen-bond donors (Lipinski definition) is 1. The van der Waals surface area contributed by atoms with Crippen LogP contribution in [-0.4, -0.2) is 55.2 Å². The highest BCUT2D eigenvalue weighted by molar-refractivity contribution is 5.98. The molecular formula is C15H15F3N2O4. The number of rotatable bonds is 3. The van der Waals surface area contributed by atoms with Crippen LogP contribution >= 0.6 is 0 Å². The van der Waals surface area contributed by atoms with E-state index in [4.69, 9.17) is 9.47 Å². The summed E-state index contributed by atoms with van der Waals surface area (Å²) in [5, 5.41) is 2.47. The van der Waals surface area contributed by atoms with Crippen LogP contribution in [0.15, 0.2) is 18.2 Å². The first-order valence-corrected chi connectivity index (χ1v) is 7.39. The molecule has 2 aliphatic rings. The maximum absolute atomic E-state index is 12.4. The number of ether oxygens (including phenoxy) is 2. The van der Waals surface area contributed by atoms with Gasteiger partial charge in [-0.25, -0.2) is 0 Å². The molecule has 0 spiro atoms. The van der Waals surface area contributed by atoms with Crippen molar-refractivity contribution in [2.45, 2.75) is 18.6 Å². The predicted molar refractivity (Wildman–Crippen MR) is 75.9 cm³/mol. The Kier molecular flexibility index (Phi) is 4.25. The van der Waals surface area contributed by atoms with Crippen LogP contribution in [0.1, 0.15) is 16.8 Å². The van der Waals surface area contributed by atoms with E-state index < -0.39 is 30.6 Å². The topological polar surface area (TPSA) is 67.9 Å². The monoisotopic (exact) mass is 344 g/mol. The zero-order valence-electron chi connectivity index (χ0n) is 12.6. The van der Waals surface area contributed by atoms with E-state index in [0.29, 0.717) is 29.6 Å². The van der Waals surface area contributed by atoms with Crippen molar-refractivity contribution < 1.29 is 32.2 Å². The summed E-state index contributed by atoms with van der Waals surface area (Å²) in [4.78, 5) is 24.9. The van der Waals surface area contributed by atoms with E-state index in [1.54, 1.807) is 6.07 Å². The Hall–Kier alpha value is -2.45. The predicted octanol–water partition coefficient (Wildman–Crippen LogP) is 1.35. The van der Waals surface area contributed by atoms with Gasteiger partial charge < -0.3 is 19.7 Å². The molecule has 1 aromatic carbocycles. The number of amides is 2. The van der Waals surface area contributed by atoms with Crippen molar-refractivity contribution in [2.24, 2.45) is 0 Å². The van der Waals surface area contributed by atoms with Crippen molar-refractivity contribution in [3.8, 4) is 11.5 Å². The average molecular weight is 344 g/mol. The minimum absolute atomic E-state index is 0.0373. The van der Waals surface area contributed by atoms with E-state index in [0.717, 1.165) is 0 Å². The van der Waals surface area contributed by atoms with E-state index in [9.17, 15) is 22.8 Å². The van der Waals surface area contributed by atoms with Crippen LogP contribution in [0.25, 0.3) is 0 Å². The lowest BCUT2D eigenvalue weighted by Gasteiger charge is -2.20. The van der Waals surface area contributed by atoms with E-state index in [1.807, 2.05) is 0 Å². The molecule has 1 N–H and O–H groups in total. The number of hydrogen-bond acceptors (Lipinski definition) is 4. The van der Waals surface area contributed by atoms with Crippen molar-refractivity contribution in [1.82, 2.24) is 10.2 Å². The standard InChI is InChI=1S/C15H15F3N2O4/c16-15(17,18)8-20-4-3-10(14(20)22)19-13(21)9-1-2-11-12(7-9)24-6-5-23-11/h1-2,7,10H,3-6,8H2,(H,19,21)/t10-/m0/s1. The molecule has 0 saturated carbocycles. The molecule has 9 heteroatoms. The molecule has 2 amide bonds. The van der Waals surface area contributed by atoms with E-state index in [-0.39, 0.29) is 18.5 Å². The molecule has 0 radical (unpaired) electrons.